The van der Waals surface area contributed by atoms with Crippen molar-refractivity contribution in [2.45, 2.75) is 0 Å². The van der Waals surface area contributed by atoms with Crippen molar-refractivity contribution in [2.75, 3.05) is 41.4 Å². The summed E-state index contributed by atoms with van der Waals surface area (Å²) in [5.74, 6) is -0.237. The van der Waals surface area contributed by atoms with Gasteiger partial charge in [-0.15, -0.1) is 0 Å². The van der Waals surface area contributed by atoms with Crippen LogP contribution in [0, 0.1) is 0 Å². The molecule has 0 saturated heterocycles. The van der Waals surface area contributed by atoms with Crippen molar-refractivity contribution in [3.8, 4) is 17.2 Å². The van der Waals surface area contributed by atoms with E-state index in [0.717, 1.165) is 0 Å². The fourth-order valence-corrected chi connectivity index (χ4v) is 2.30. The zero-order valence-electron chi connectivity index (χ0n) is 14.1. The Morgan fingerprint density at radius 3 is 2.46 bits per heavy atom. The molecule has 1 aromatic carbocycles. The van der Waals surface area contributed by atoms with Crippen LogP contribution in [0.1, 0.15) is 10.4 Å². The molecule has 0 aliphatic carbocycles. The summed E-state index contributed by atoms with van der Waals surface area (Å²) in [6.45, 7) is 0.970. The molecule has 3 N–H and O–H groups in total. The third kappa shape index (κ3) is 3.43. The van der Waals surface area contributed by atoms with E-state index >= 15 is 0 Å². The molecule has 1 heterocycles. The van der Waals surface area contributed by atoms with E-state index in [1.165, 1.54) is 26.4 Å². The number of carbonyl (C=O) groups excluding carboxylic acids is 1. The fraction of sp³-hybridized carbons (Fsp3) is 0.375. The first-order valence-corrected chi connectivity index (χ1v) is 7.33. The van der Waals surface area contributed by atoms with Gasteiger partial charge in [-0.05, 0) is 20.2 Å². The van der Waals surface area contributed by atoms with Crippen molar-refractivity contribution < 1.29 is 19.4 Å². The van der Waals surface area contributed by atoms with Gasteiger partial charge in [-0.3, -0.25) is 9.59 Å². The summed E-state index contributed by atoms with van der Waals surface area (Å²) in [7, 11) is 6.66. The lowest BCUT2D eigenvalue weighted by atomic mass is 10.1. The summed E-state index contributed by atoms with van der Waals surface area (Å²) in [6, 6.07) is 3.04. The molecule has 0 fully saturated rings. The second kappa shape index (κ2) is 7.22. The summed E-state index contributed by atoms with van der Waals surface area (Å²) in [6.07, 6.45) is 0. The molecule has 0 spiro atoms. The number of hydrogen-bond acceptors (Lipinski definition) is 6. The van der Waals surface area contributed by atoms with E-state index in [0.29, 0.717) is 35.5 Å². The Bertz CT molecular complexity index is 813. The SMILES string of the molecule is COc1cc2[nH]c(=O)c(C(=O)NCCN(C)C)c(O)c2cc1OC. The molecule has 130 valence electrons. The molecule has 0 atom stereocenters. The lowest BCUT2D eigenvalue weighted by Crippen LogP contribution is -2.34. The maximum Gasteiger partial charge on any atom is 0.265 e. The molecule has 0 aliphatic heterocycles. The number of benzene rings is 1. The van der Waals surface area contributed by atoms with Crippen molar-refractivity contribution in [3.63, 3.8) is 0 Å². The number of nitrogens with zero attached hydrogens (tertiary/aromatic N) is 1. The van der Waals surface area contributed by atoms with Crippen LogP contribution >= 0.6 is 0 Å². The number of aromatic nitrogens is 1. The van der Waals surface area contributed by atoms with Crippen molar-refractivity contribution in [1.29, 1.82) is 0 Å². The van der Waals surface area contributed by atoms with Crippen LogP contribution in [0.3, 0.4) is 0 Å². The minimum atomic E-state index is -0.672. The summed E-state index contributed by atoms with van der Waals surface area (Å²) in [5.41, 5.74) is -0.650. The number of carbonyl (C=O) groups is 1. The van der Waals surface area contributed by atoms with Crippen LogP contribution < -0.4 is 20.3 Å². The zero-order chi connectivity index (χ0) is 17.9. The molecule has 0 bridgehead atoms. The maximum atomic E-state index is 12.2. The van der Waals surface area contributed by atoms with Crippen LogP contribution in [0.25, 0.3) is 10.9 Å². The number of amides is 1. The molecule has 8 heteroatoms. The van der Waals surface area contributed by atoms with Gasteiger partial charge in [-0.2, -0.15) is 0 Å². The number of rotatable bonds is 6. The number of aromatic amines is 1. The predicted molar refractivity (Wildman–Crippen MR) is 90.2 cm³/mol. The van der Waals surface area contributed by atoms with Gasteiger partial charge in [-0.1, -0.05) is 0 Å². The maximum absolute atomic E-state index is 12.2. The molecule has 8 nitrogen and oxygen atoms in total. The molecule has 0 saturated carbocycles. The molecular weight excluding hydrogens is 314 g/mol. The number of methoxy groups -OCH3 is 2. The Balaban J connectivity index is 2.48. The topological polar surface area (TPSA) is 104 Å². The quantitative estimate of drug-likeness (QED) is 0.712. The molecule has 0 radical (unpaired) electrons. The minimum Gasteiger partial charge on any atom is -0.506 e. The van der Waals surface area contributed by atoms with Gasteiger partial charge in [0.05, 0.1) is 19.7 Å². The van der Waals surface area contributed by atoms with Gasteiger partial charge in [0, 0.05) is 24.5 Å². The number of nitrogens with one attached hydrogen (secondary N) is 2. The first-order valence-electron chi connectivity index (χ1n) is 7.33. The summed E-state index contributed by atoms with van der Waals surface area (Å²) < 4.78 is 10.4. The average Bonchev–Trinajstić information content (AvgIpc) is 2.53. The number of aromatic hydroxyl groups is 1. The van der Waals surface area contributed by atoms with E-state index in [4.69, 9.17) is 9.47 Å². The van der Waals surface area contributed by atoms with E-state index in [1.807, 2.05) is 19.0 Å². The number of hydrogen-bond donors (Lipinski definition) is 3. The Labute approximate surface area is 139 Å². The Morgan fingerprint density at radius 2 is 1.88 bits per heavy atom. The monoisotopic (exact) mass is 335 g/mol. The van der Waals surface area contributed by atoms with Crippen LogP contribution in [0.2, 0.25) is 0 Å². The largest absolute Gasteiger partial charge is 0.506 e. The number of likely N-dealkylation sites (N-methyl/N-ethyl adjacent to an activating group) is 1. The minimum absolute atomic E-state index is 0.296. The highest BCUT2D eigenvalue weighted by Crippen LogP contribution is 2.35. The van der Waals surface area contributed by atoms with Crippen LogP contribution in [-0.2, 0) is 0 Å². The molecule has 24 heavy (non-hydrogen) atoms. The average molecular weight is 335 g/mol. The lowest BCUT2D eigenvalue weighted by Gasteiger charge is -2.13. The predicted octanol–water partition coefficient (Wildman–Crippen LogP) is 0.542. The van der Waals surface area contributed by atoms with E-state index < -0.39 is 17.2 Å². The number of H-pyrrole nitrogens is 1. The van der Waals surface area contributed by atoms with E-state index in [-0.39, 0.29) is 5.56 Å². The van der Waals surface area contributed by atoms with Gasteiger partial charge in [0.15, 0.2) is 11.5 Å². The van der Waals surface area contributed by atoms with E-state index in [9.17, 15) is 14.7 Å². The Morgan fingerprint density at radius 1 is 1.25 bits per heavy atom. The number of pyridine rings is 1. The summed E-state index contributed by atoms with van der Waals surface area (Å²) >= 11 is 0. The Hall–Kier alpha value is -2.74. The summed E-state index contributed by atoms with van der Waals surface area (Å²) in [5, 5.41) is 13.3. The van der Waals surface area contributed by atoms with Crippen molar-refractivity contribution in [3.05, 3.63) is 28.0 Å². The first-order chi connectivity index (χ1) is 11.4. The third-order valence-corrected chi connectivity index (χ3v) is 3.56. The van der Waals surface area contributed by atoms with Gasteiger partial charge in [-0.25, -0.2) is 0 Å². The Kier molecular flexibility index (Phi) is 5.30. The highest BCUT2D eigenvalue weighted by Gasteiger charge is 2.20. The van der Waals surface area contributed by atoms with Gasteiger partial charge in [0.2, 0.25) is 0 Å². The highest BCUT2D eigenvalue weighted by atomic mass is 16.5. The molecule has 0 unspecified atom stereocenters. The normalized spacial score (nSPS) is 10.9. The van der Waals surface area contributed by atoms with Crippen molar-refractivity contribution in [1.82, 2.24) is 15.2 Å². The zero-order valence-corrected chi connectivity index (χ0v) is 14.1. The summed E-state index contributed by atoms with van der Waals surface area (Å²) in [4.78, 5) is 28.9. The first kappa shape index (κ1) is 17.6. The standard InChI is InChI=1S/C16H21N3O5/c1-19(2)6-5-17-15(21)13-14(20)9-7-11(23-3)12(24-4)8-10(9)18-16(13)22/h7-8H,5-6H2,1-4H3,(H,17,21)(H2,18,20,22). The molecule has 0 aliphatic rings. The second-order valence-corrected chi connectivity index (χ2v) is 5.49. The molecule has 2 aromatic rings. The molecular formula is C16H21N3O5. The second-order valence-electron chi connectivity index (χ2n) is 5.49. The fourth-order valence-electron chi connectivity index (χ4n) is 2.30. The van der Waals surface area contributed by atoms with Crippen molar-refractivity contribution >= 4 is 16.8 Å². The van der Waals surface area contributed by atoms with Gasteiger partial charge in [0.25, 0.3) is 11.5 Å². The van der Waals surface area contributed by atoms with Crippen LogP contribution in [0.15, 0.2) is 16.9 Å². The smallest absolute Gasteiger partial charge is 0.265 e. The molecule has 1 aromatic heterocycles. The lowest BCUT2D eigenvalue weighted by molar-refractivity contribution is 0.0947. The van der Waals surface area contributed by atoms with Gasteiger partial charge >= 0.3 is 0 Å². The van der Waals surface area contributed by atoms with Gasteiger partial charge < -0.3 is 29.8 Å². The van der Waals surface area contributed by atoms with Crippen LogP contribution in [0.4, 0.5) is 0 Å². The third-order valence-electron chi connectivity index (χ3n) is 3.56. The van der Waals surface area contributed by atoms with Crippen molar-refractivity contribution in [2.24, 2.45) is 0 Å². The molecule has 2 rings (SSSR count). The number of ether oxygens (including phenoxy) is 2. The number of fused-ring (bicyclic) bond motifs is 1. The van der Waals surface area contributed by atoms with Gasteiger partial charge in [0.1, 0.15) is 11.3 Å². The van der Waals surface area contributed by atoms with E-state index in [1.54, 1.807) is 0 Å². The van der Waals surface area contributed by atoms with E-state index in [2.05, 4.69) is 10.3 Å². The highest BCUT2D eigenvalue weighted by molar-refractivity contribution is 6.02. The van der Waals surface area contributed by atoms with Crippen LogP contribution in [0.5, 0.6) is 17.2 Å². The molecule has 1 amide bonds. The van der Waals surface area contributed by atoms with Crippen LogP contribution in [-0.4, -0.2) is 62.3 Å².